The lowest BCUT2D eigenvalue weighted by Gasteiger charge is -2.50. The van der Waals surface area contributed by atoms with E-state index in [9.17, 15) is 18.4 Å². The highest BCUT2D eigenvalue weighted by atomic mass is 19.1. The van der Waals surface area contributed by atoms with Crippen LogP contribution in [0.5, 0.6) is 5.75 Å². The highest BCUT2D eigenvalue weighted by Crippen LogP contribution is 2.53. The fourth-order valence-corrected chi connectivity index (χ4v) is 4.77. The van der Waals surface area contributed by atoms with Crippen molar-refractivity contribution in [1.29, 1.82) is 0 Å². The molecule has 7 heteroatoms. The van der Waals surface area contributed by atoms with Gasteiger partial charge in [0, 0.05) is 24.9 Å². The maximum absolute atomic E-state index is 13.8. The number of nitrogens with zero attached hydrogens (tertiary/aromatic N) is 1. The van der Waals surface area contributed by atoms with Gasteiger partial charge in [0.25, 0.3) is 0 Å². The number of halogens is 2. The number of esters is 1. The minimum absolute atomic E-state index is 0.0397. The van der Waals surface area contributed by atoms with E-state index in [4.69, 9.17) is 9.47 Å². The van der Waals surface area contributed by atoms with Crippen LogP contribution in [0.2, 0.25) is 0 Å². The normalized spacial score (nSPS) is 32.0. The SMILES string of the molecule is COC(=O)C1C[C@H](C(=O)N2CC[C@@H](Oc3cc(F)ccc3F)C2)C2CC1C2. The number of hydrogen-bond donors (Lipinski definition) is 0. The van der Waals surface area contributed by atoms with E-state index in [1.165, 1.54) is 7.11 Å². The highest BCUT2D eigenvalue weighted by Gasteiger charge is 2.52. The molecule has 1 aromatic rings. The largest absolute Gasteiger partial charge is 0.485 e. The van der Waals surface area contributed by atoms with E-state index in [1.807, 2.05) is 0 Å². The summed E-state index contributed by atoms with van der Waals surface area (Å²) in [5.41, 5.74) is 0. The number of carbonyl (C=O) groups is 2. The fraction of sp³-hybridized carbons (Fsp3) is 0.600. The van der Waals surface area contributed by atoms with Crippen LogP contribution < -0.4 is 4.74 Å². The fourth-order valence-electron chi connectivity index (χ4n) is 4.77. The number of rotatable bonds is 4. The van der Waals surface area contributed by atoms with Crippen LogP contribution in [0.15, 0.2) is 18.2 Å². The molecule has 4 aliphatic rings. The average Bonchev–Trinajstić information content (AvgIpc) is 3.10. The van der Waals surface area contributed by atoms with Gasteiger partial charge in [0.15, 0.2) is 11.6 Å². The van der Waals surface area contributed by atoms with Crippen molar-refractivity contribution >= 4 is 11.9 Å². The van der Waals surface area contributed by atoms with Crippen molar-refractivity contribution in [3.8, 4) is 5.75 Å². The number of methoxy groups -OCH3 is 1. The van der Waals surface area contributed by atoms with Crippen LogP contribution in [0.1, 0.15) is 25.7 Å². The molecule has 1 amide bonds. The van der Waals surface area contributed by atoms with Gasteiger partial charge < -0.3 is 14.4 Å². The molecule has 5 nitrogen and oxygen atoms in total. The Morgan fingerprint density at radius 2 is 1.85 bits per heavy atom. The molecule has 0 aromatic heterocycles. The van der Waals surface area contributed by atoms with Gasteiger partial charge in [-0.3, -0.25) is 9.59 Å². The molecule has 1 aliphatic heterocycles. The van der Waals surface area contributed by atoms with Gasteiger partial charge in [-0.1, -0.05) is 0 Å². The summed E-state index contributed by atoms with van der Waals surface area (Å²) >= 11 is 0. The molecule has 2 bridgehead atoms. The van der Waals surface area contributed by atoms with Gasteiger partial charge >= 0.3 is 5.97 Å². The minimum atomic E-state index is -0.616. The maximum Gasteiger partial charge on any atom is 0.308 e. The molecular formula is C20H23F2NO4. The van der Waals surface area contributed by atoms with E-state index < -0.39 is 11.6 Å². The van der Waals surface area contributed by atoms with Crippen LogP contribution in [-0.2, 0) is 14.3 Å². The molecule has 1 heterocycles. The summed E-state index contributed by atoms with van der Waals surface area (Å²) in [6.07, 6.45) is 2.56. The van der Waals surface area contributed by atoms with Gasteiger partial charge in [-0.05, 0) is 43.2 Å². The second-order valence-electron chi connectivity index (χ2n) is 7.85. The van der Waals surface area contributed by atoms with E-state index in [-0.39, 0.29) is 35.6 Å². The molecule has 0 N–H and O–H groups in total. The molecule has 1 unspecified atom stereocenters. The highest BCUT2D eigenvalue weighted by molar-refractivity contribution is 5.82. The molecule has 3 saturated carbocycles. The Kier molecular flexibility index (Phi) is 4.78. The van der Waals surface area contributed by atoms with Gasteiger partial charge in [0.2, 0.25) is 5.91 Å². The summed E-state index contributed by atoms with van der Waals surface area (Å²) in [7, 11) is 1.39. The smallest absolute Gasteiger partial charge is 0.308 e. The number of ether oxygens (including phenoxy) is 2. The minimum Gasteiger partial charge on any atom is -0.485 e. The summed E-state index contributed by atoms with van der Waals surface area (Å²) < 4.78 is 37.5. The van der Waals surface area contributed by atoms with E-state index in [0.29, 0.717) is 37.8 Å². The Hall–Kier alpha value is -2.18. The molecule has 3 aliphatic carbocycles. The Bertz CT molecular complexity index is 749. The number of benzene rings is 1. The number of hydrogen-bond acceptors (Lipinski definition) is 4. The van der Waals surface area contributed by atoms with Gasteiger partial charge in [-0.25, -0.2) is 8.78 Å². The number of likely N-dealkylation sites (tertiary alicyclic amines) is 1. The van der Waals surface area contributed by atoms with Crippen molar-refractivity contribution in [3.63, 3.8) is 0 Å². The summed E-state index contributed by atoms with van der Waals surface area (Å²) in [6.45, 7) is 0.875. The van der Waals surface area contributed by atoms with Gasteiger partial charge in [0.1, 0.15) is 11.9 Å². The van der Waals surface area contributed by atoms with Crippen molar-refractivity contribution in [2.24, 2.45) is 23.7 Å². The summed E-state index contributed by atoms with van der Waals surface area (Å²) in [4.78, 5) is 26.7. The predicted octanol–water partition coefficient (Wildman–Crippen LogP) is 2.78. The zero-order chi connectivity index (χ0) is 19.1. The lowest BCUT2D eigenvalue weighted by molar-refractivity contribution is -0.160. The molecule has 1 aromatic carbocycles. The molecule has 0 spiro atoms. The standard InChI is InChI=1S/C20H23F2NO4/c1-26-20(25)16-9-15(11-6-12(16)7-11)19(24)23-5-4-14(10-23)27-18-8-13(21)2-3-17(18)22/h2-3,8,11-12,14-16H,4-7,9-10H2,1H3/t11?,12?,14-,15+,16?/m1/s1. The van der Waals surface area contributed by atoms with E-state index in [2.05, 4.69) is 0 Å². The second-order valence-corrected chi connectivity index (χ2v) is 7.85. The van der Waals surface area contributed by atoms with Crippen molar-refractivity contribution in [3.05, 3.63) is 29.8 Å². The quantitative estimate of drug-likeness (QED) is 0.755. The maximum atomic E-state index is 13.8. The Morgan fingerprint density at radius 3 is 2.59 bits per heavy atom. The Morgan fingerprint density at radius 1 is 1.11 bits per heavy atom. The van der Waals surface area contributed by atoms with Crippen molar-refractivity contribution < 1.29 is 27.8 Å². The summed E-state index contributed by atoms with van der Waals surface area (Å²) in [6, 6.07) is 3.10. The number of fused-ring (bicyclic) bond motifs is 2. The zero-order valence-corrected chi connectivity index (χ0v) is 15.2. The lowest BCUT2D eigenvalue weighted by Crippen LogP contribution is -2.51. The van der Waals surface area contributed by atoms with Crippen molar-refractivity contribution in [2.45, 2.75) is 31.8 Å². The van der Waals surface area contributed by atoms with Crippen molar-refractivity contribution in [2.75, 3.05) is 20.2 Å². The second kappa shape index (κ2) is 7.09. The van der Waals surface area contributed by atoms with E-state index in [0.717, 1.165) is 31.0 Å². The van der Waals surface area contributed by atoms with Crippen LogP contribution in [0, 0.1) is 35.3 Å². The van der Waals surface area contributed by atoms with Crippen LogP contribution in [0.25, 0.3) is 0 Å². The third kappa shape index (κ3) is 3.39. The van der Waals surface area contributed by atoms with Crippen LogP contribution in [0.4, 0.5) is 8.78 Å². The lowest BCUT2D eigenvalue weighted by atomic mass is 9.55. The molecule has 146 valence electrons. The monoisotopic (exact) mass is 379 g/mol. The molecule has 5 rings (SSSR count). The Labute approximate surface area is 156 Å². The van der Waals surface area contributed by atoms with Gasteiger partial charge in [-0.15, -0.1) is 0 Å². The Balaban J connectivity index is 1.38. The van der Waals surface area contributed by atoms with Crippen LogP contribution in [-0.4, -0.2) is 43.1 Å². The molecule has 4 fully saturated rings. The molecule has 0 radical (unpaired) electrons. The topological polar surface area (TPSA) is 55.8 Å². The average molecular weight is 379 g/mol. The van der Waals surface area contributed by atoms with Crippen LogP contribution in [0.3, 0.4) is 0 Å². The first-order valence-corrected chi connectivity index (χ1v) is 9.44. The van der Waals surface area contributed by atoms with Crippen LogP contribution >= 0.6 is 0 Å². The van der Waals surface area contributed by atoms with Gasteiger partial charge in [0.05, 0.1) is 19.6 Å². The summed E-state index contributed by atoms with van der Waals surface area (Å²) in [5, 5.41) is 0. The number of carbonyl (C=O) groups excluding carboxylic acids is 2. The molecule has 3 atom stereocenters. The van der Waals surface area contributed by atoms with E-state index in [1.54, 1.807) is 4.90 Å². The summed E-state index contributed by atoms with van der Waals surface area (Å²) in [5.74, 6) is -1.16. The van der Waals surface area contributed by atoms with Crippen molar-refractivity contribution in [1.82, 2.24) is 4.90 Å². The number of amides is 1. The molecule has 27 heavy (non-hydrogen) atoms. The third-order valence-corrected chi connectivity index (χ3v) is 6.32. The first-order chi connectivity index (χ1) is 13.0. The first-order valence-electron chi connectivity index (χ1n) is 9.44. The van der Waals surface area contributed by atoms with E-state index >= 15 is 0 Å². The predicted molar refractivity (Wildman–Crippen MR) is 91.8 cm³/mol. The van der Waals surface area contributed by atoms with Gasteiger partial charge in [-0.2, -0.15) is 0 Å². The third-order valence-electron chi connectivity index (χ3n) is 6.32. The molecular weight excluding hydrogens is 356 g/mol. The zero-order valence-electron chi connectivity index (χ0n) is 15.2. The molecule has 1 saturated heterocycles. The first kappa shape index (κ1) is 18.2.